The fraction of sp³-hybridized carbons (Fsp3) is 0.923. The third-order valence-electron chi connectivity index (χ3n) is 3.20. The summed E-state index contributed by atoms with van der Waals surface area (Å²) in [5, 5.41) is 0. The highest BCUT2D eigenvalue weighted by Crippen LogP contribution is 2.17. The maximum Gasteiger partial charge on any atom is 0.325 e. The van der Waals surface area contributed by atoms with Crippen molar-refractivity contribution in [1.82, 2.24) is 0 Å². The molecule has 0 aromatic carbocycles. The molecule has 0 radical (unpaired) electrons. The summed E-state index contributed by atoms with van der Waals surface area (Å²) < 4.78 is 15.9. The lowest BCUT2D eigenvalue weighted by Gasteiger charge is -2.27. The molecular formula is C13H25NO4. The summed E-state index contributed by atoms with van der Waals surface area (Å²) in [5.74, 6) is -0.410. The predicted molar refractivity (Wildman–Crippen MR) is 68.2 cm³/mol. The van der Waals surface area contributed by atoms with Gasteiger partial charge in [0.05, 0.1) is 25.9 Å². The van der Waals surface area contributed by atoms with Crippen molar-refractivity contribution in [3.05, 3.63) is 0 Å². The van der Waals surface area contributed by atoms with Crippen molar-refractivity contribution in [2.45, 2.75) is 57.3 Å². The highest BCUT2D eigenvalue weighted by molar-refractivity contribution is 5.79. The van der Waals surface area contributed by atoms with Gasteiger partial charge in [0.2, 0.25) is 0 Å². The fourth-order valence-corrected chi connectivity index (χ4v) is 2.18. The maximum atomic E-state index is 11.4. The average molecular weight is 259 g/mol. The Balaban J connectivity index is 2.27. The average Bonchev–Trinajstić information content (AvgIpc) is 2.36. The summed E-state index contributed by atoms with van der Waals surface area (Å²) in [5.41, 5.74) is 4.90. The Kier molecular flexibility index (Phi) is 6.05. The van der Waals surface area contributed by atoms with Crippen LogP contribution in [-0.2, 0) is 19.0 Å². The number of rotatable bonds is 6. The van der Waals surface area contributed by atoms with E-state index in [4.69, 9.17) is 15.2 Å². The molecule has 0 spiro atoms. The van der Waals surface area contributed by atoms with Gasteiger partial charge in [-0.3, -0.25) is 4.79 Å². The number of hydrogen-bond acceptors (Lipinski definition) is 5. The number of hydrogen-bond donors (Lipinski definition) is 1. The molecule has 1 saturated heterocycles. The van der Waals surface area contributed by atoms with Crippen LogP contribution in [0.4, 0.5) is 0 Å². The first-order valence-electron chi connectivity index (χ1n) is 6.56. The molecule has 1 aliphatic heterocycles. The Morgan fingerprint density at radius 2 is 2.28 bits per heavy atom. The number of esters is 1. The molecule has 0 saturated carbocycles. The van der Waals surface area contributed by atoms with E-state index in [1.165, 1.54) is 13.5 Å². The Hall–Kier alpha value is -0.650. The van der Waals surface area contributed by atoms with Crippen LogP contribution in [0.25, 0.3) is 0 Å². The van der Waals surface area contributed by atoms with Gasteiger partial charge in [-0.1, -0.05) is 0 Å². The second-order valence-corrected chi connectivity index (χ2v) is 5.25. The molecule has 0 aromatic heterocycles. The van der Waals surface area contributed by atoms with E-state index in [0.717, 1.165) is 19.4 Å². The minimum absolute atomic E-state index is 0.0929. The van der Waals surface area contributed by atoms with Crippen molar-refractivity contribution in [3.63, 3.8) is 0 Å². The number of carbonyl (C=O) groups excluding carboxylic acids is 1. The van der Waals surface area contributed by atoms with Gasteiger partial charge < -0.3 is 19.9 Å². The molecule has 1 fully saturated rings. The second kappa shape index (κ2) is 7.07. The summed E-state index contributed by atoms with van der Waals surface area (Å²) in [6.45, 7) is 4.96. The molecule has 106 valence electrons. The van der Waals surface area contributed by atoms with Crippen LogP contribution >= 0.6 is 0 Å². The van der Waals surface area contributed by atoms with Crippen molar-refractivity contribution < 1.29 is 19.0 Å². The van der Waals surface area contributed by atoms with E-state index in [9.17, 15) is 4.79 Å². The van der Waals surface area contributed by atoms with Gasteiger partial charge in [0.25, 0.3) is 0 Å². The van der Waals surface area contributed by atoms with E-state index < -0.39 is 11.5 Å². The van der Waals surface area contributed by atoms with Crippen LogP contribution in [0.3, 0.4) is 0 Å². The van der Waals surface area contributed by atoms with Crippen molar-refractivity contribution in [2.75, 3.05) is 20.3 Å². The maximum absolute atomic E-state index is 11.4. The molecule has 2 N–H and O–H groups in total. The van der Waals surface area contributed by atoms with Crippen LogP contribution in [0.15, 0.2) is 0 Å². The number of carbonyl (C=O) groups is 1. The normalized spacial score (nSPS) is 25.2. The van der Waals surface area contributed by atoms with E-state index in [0.29, 0.717) is 13.0 Å². The zero-order chi connectivity index (χ0) is 13.6. The lowest BCUT2D eigenvalue weighted by molar-refractivity contribution is -0.148. The monoisotopic (exact) mass is 259 g/mol. The molecule has 0 amide bonds. The molecule has 0 aromatic rings. The summed E-state index contributed by atoms with van der Waals surface area (Å²) in [6, 6.07) is 0. The van der Waals surface area contributed by atoms with Gasteiger partial charge in [-0.05, 0) is 33.1 Å². The van der Waals surface area contributed by atoms with Crippen LogP contribution in [0, 0.1) is 0 Å². The second-order valence-electron chi connectivity index (χ2n) is 5.25. The molecule has 5 heteroatoms. The molecule has 18 heavy (non-hydrogen) atoms. The minimum atomic E-state index is -0.998. The molecule has 1 aliphatic rings. The molecule has 0 aliphatic carbocycles. The predicted octanol–water partition coefficient (Wildman–Crippen LogP) is 1.24. The van der Waals surface area contributed by atoms with E-state index in [-0.39, 0.29) is 12.2 Å². The first-order chi connectivity index (χ1) is 8.45. The quantitative estimate of drug-likeness (QED) is 0.727. The topological polar surface area (TPSA) is 70.8 Å². The minimum Gasteiger partial charge on any atom is -0.468 e. The first kappa shape index (κ1) is 15.4. The zero-order valence-electron chi connectivity index (χ0n) is 11.6. The van der Waals surface area contributed by atoms with E-state index in [1.807, 2.05) is 6.92 Å². The van der Waals surface area contributed by atoms with Crippen molar-refractivity contribution in [2.24, 2.45) is 5.73 Å². The standard InChI is InChI=1S/C13H25NO4/c1-10(8-13(2,14)12(15)16-3)18-9-11-6-4-5-7-17-11/h10-11H,4-9,14H2,1-3H3. The summed E-state index contributed by atoms with van der Waals surface area (Å²) >= 11 is 0. The van der Waals surface area contributed by atoms with Gasteiger partial charge in [-0.2, -0.15) is 0 Å². The van der Waals surface area contributed by atoms with Gasteiger partial charge >= 0.3 is 5.97 Å². The highest BCUT2D eigenvalue weighted by Gasteiger charge is 2.32. The number of ether oxygens (including phenoxy) is 3. The van der Waals surface area contributed by atoms with Crippen molar-refractivity contribution in [1.29, 1.82) is 0 Å². The molecular weight excluding hydrogens is 234 g/mol. The van der Waals surface area contributed by atoms with Gasteiger partial charge in [-0.15, -0.1) is 0 Å². The summed E-state index contributed by atoms with van der Waals surface area (Å²) in [4.78, 5) is 11.4. The van der Waals surface area contributed by atoms with Crippen LogP contribution in [0.1, 0.15) is 39.5 Å². The number of nitrogens with two attached hydrogens (primary N) is 1. The Morgan fingerprint density at radius 1 is 1.56 bits per heavy atom. The highest BCUT2D eigenvalue weighted by atomic mass is 16.5. The van der Waals surface area contributed by atoms with Crippen molar-refractivity contribution in [3.8, 4) is 0 Å². The summed E-state index contributed by atoms with van der Waals surface area (Å²) in [7, 11) is 1.34. The Bertz CT molecular complexity index is 262. The Morgan fingerprint density at radius 3 is 2.83 bits per heavy atom. The smallest absolute Gasteiger partial charge is 0.325 e. The zero-order valence-corrected chi connectivity index (χ0v) is 11.6. The van der Waals surface area contributed by atoms with Gasteiger partial charge in [0.15, 0.2) is 0 Å². The lowest BCUT2D eigenvalue weighted by atomic mass is 9.96. The van der Waals surface area contributed by atoms with Crippen LogP contribution in [0.5, 0.6) is 0 Å². The van der Waals surface area contributed by atoms with E-state index >= 15 is 0 Å². The van der Waals surface area contributed by atoms with Gasteiger partial charge in [0.1, 0.15) is 5.54 Å². The van der Waals surface area contributed by atoms with Gasteiger partial charge in [0, 0.05) is 13.0 Å². The van der Waals surface area contributed by atoms with Crippen LogP contribution < -0.4 is 5.73 Å². The molecule has 1 heterocycles. The van der Waals surface area contributed by atoms with E-state index in [1.54, 1.807) is 6.92 Å². The van der Waals surface area contributed by atoms with Crippen molar-refractivity contribution >= 4 is 5.97 Å². The third kappa shape index (κ3) is 4.92. The van der Waals surface area contributed by atoms with Gasteiger partial charge in [-0.25, -0.2) is 0 Å². The third-order valence-corrected chi connectivity index (χ3v) is 3.20. The molecule has 3 unspecified atom stereocenters. The largest absolute Gasteiger partial charge is 0.468 e. The van der Waals surface area contributed by atoms with Crippen LogP contribution in [-0.4, -0.2) is 44.0 Å². The lowest BCUT2D eigenvalue weighted by Crippen LogP contribution is -2.48. The molecule has 5 nitrogen and oxygen atoms in total. The molecule has 1 rings (SSSR count). The van der Waals surface area contributed by atoms with Crippen LogP contribution in [0.2, 0.25) is 0 Å². The SMILES string of the molecule is COC(=O)C(C)(N)CC(C)OCC1CCCCO1. The Labute approximate surface area is 109 Å². The molecule has 3 atom stereocenters. The molecule has 0 bridgehead atoms. The fourth-order valence-electron chi connectivity index (χ4n) is 2.18. The summed E-state index contributed by atoms with van der Waals surface area (Å²) in [6.07, 6.45) is 3.90. The number of methoxy groups -OCH3 is 1. The first-order valence-corrected chi connectivity index (χ1v) is 6.56. The van der Waals surface area contributed by atoms with E-state index in [2.05, 4.69) is 4.74 Å².